The third-order valence-corrected chi connectivity index (χ3v) is 6.72. The van der Waals surface area contributed by atoms with Crippen LogP contribution in [0.4, 0.5) is 49.1 Å². The molecule has 2 heterocycles. The molecular formula is C22H12F6N4O4S2. The minimum Gasteiger partial charge on any atom is -0.349 e. The Morgan fingerprint density at radius 3 is 1.37 bits per heavy atom. The second-order valence-electron chi connectivity index (χ2n) is 7.53. The van der Waals surface area contributed by atoms with Gasteiger partial charge in [0.2, 0.25) is 0 Å². The van der Waals surface area contributed by atoms with Crippen molar-refractivity contribution < 1.29 is 45.5 Å². The summed E-state index contributed by atoms with van der Waals surface area (Å²) in [7, 11) is 0. The Morgan fingerprint density at radius 2 is 1.03 bits per heavy atom. The van der Waals surface area contributed by atoms with E-state index in [-0.39, 0.29) is 21.4 Å². The fourth-order valence-corrected chi connectivity index (χ4v) is 5.00. The maximum atomic E-state index is 12.5. The summed E-state index contributed by atoms with van der Waals surface area (Å²) in [6, 6.07) is 8.44. The smallest absolute Gasteiger partial charge is 0.349 e. The molecule has 2 aliphatic rings. The Bertz CT molecular complexity index is 1330. The normalized spacial score (nSPS) is 16.4. The first-order valence-corrected chi connectivity index (χ1v) is 11.8. The van der Waals surface area contributed by atoms with Crippen LogP contribution >= 0.6 is 23.5 Å². The number of benzene rings is 2. The maximum Gasteiger partial charge on any atom is 0.454 e. The number of hydrogen-bond donors (Lipinski definition) is 4. The standard InChI is InChI=1S/C22H12F6N4O4S2/c23-21(24,25)15(33)7-17-31-11-3-1-9(5-13(11)37-17)29-19(35)20(36)30-10-2-4-12-14(6-10)38-18(32-12)8-16(34)22(26,27)28/h1-8,31-32H,(H,29,35)(H,30,36). The van der Waals surface area contributed by atoms with Gasteiger partial charge in [-0.1, -0.05) is 23.5 Å². The summed E-state index contributed by atoms with van der Waals surface area (Å²) in [4.78, 5) is 47.8. The Morgan fingerprint density at radius 1 is 0.658 bits per heavy atom. The van der Waals surface area contributed by atoms with E-state index >= 15 is 0 Å². The number of halogens is 6. The number of carbonyl (C=O) groups is 4. The number of alkyl halides is 6. The lowest BCUT2D eigenvalue weighted by Gasteiger charge is -2.08. The molecule has 0 saturated carbocycles. The van der Waals surface area contributed by atoms with Crippen LogP contribution in [0.15, 0.2) is 68.4 Å². The van der Waals surface area contributed by atoms with Crippen molar-refractivity contribution in [3.8, 4) is 0 Å². The van der Waals surface area contributed by atoms with E-state index < -0.39 is 35.7 Å². The van der Waals surface area contributed by atoms with Crippen molar-refractivity contribution in [3.63, 3.8) is 0 Å². The van der Waals surface area contributed by atoms with E-state index in [1.54, 1.807) is 0 Å². The Hall–Kier alpha value is -3.92. The fourth-order valence-electron chi connectivity index (χ4n) is 3.04. The average Bonchev–Trinajstić information content (AvgIpc) is 3.39. The minimum atomic E-state index is -5.02. The number of rotatable bonds is 4. The van der Waals surface area contributed by atoms with Gasteiger partial charge in [-0.05, 0) is 36.4 Å². The third kappa shape index (κ3) is 6.31. The molecule has 0 aliphatic carbocycles. The average molecular weight is 574 g/mol. The molecule has 0 atom stereocenters. The molecule has 4 rings (SSSR count). The number of thioether (sulfide) groups is 2. The predicted molar refractivity (Wildman–Crippen MR) is 127 cm³/mol. The van der Waals surface area contributed by atoms with E-state index in [4.69, 9.17) is 0 Å². The van der Waals surface area contributed by atoms with Gasteiger partial charge < -0.3 is 21.3 Å². The van der Waals surface area contributed by atoms with Crippen molar-refractivity contribution in [1.82, 2.24) is 0 Å². The van der Waals surface area contributed by atoms with Crippen LogP contribution < -0.4 is 21.3 Å². The van der Waals surface area contributed by atoms with Crippen LogP contribution in [0.3, 0.4) is 0 Å². The van der Waals surface area contributed by atoms with Crippen molar-refractivity contribution in [2.45, 2.75) is 22.1 Å². The quantitative estimate of drug-likeness (QED) is 0.223. The molecule has 4 N–H and O–H groups in total. The summed E-state index contributed by atoms with van der Waals surface area (Å²) < 4.78 is 74.8. The zero-order valence-corrected chi connectivity index (χ0v) is 20.0. The fraction of sp³-hybridized carbons (Fsp3) is 0.0909. The Labute approximate surface area is 217 Å². The predicted octanol–water partition coefficient (Wildman–Crippen LogP) is 5.24. The van der Waals surface area contributed by atoms with Crippen molar-refractivity contribution in [3.05, 3.63) is 58.6 Å². The van der Waals surface area contributed by atoms with Gasteiger partial charge in [-0.2, -0.15) is 26.3 Å². The van der Waals surface area contributed by atoms with Gasteiger partial charge in [0.05, 0.1) is 21.4 Å². The molecule has 8 nitrogen and oxygen atoms in total. The first kappa shape index (κ1) is 27.1. The van der Waals surface area contributed by atoms with E-state index in [2.05, 4.69) is 21.3 Å². The highest BCUT2D eigenvalue weighted by molar-refractivity contribution is 8.04. The number of ketones is 2. The largest absolute Gasteiger partial charge is 0.454 e. The molecule has 0 unspecified atom stereocenters. The zero-order valence-electron chi connectivity index (χ0n) is 18.3. The molecule has 198 valence electrons. The lowest BCUT2D eigenvalue weighted by molar-refractivity contribution is -0.165. The molecule has 2 amide bonds. The van der Waals surface area contributed by atoms with Crippen LogP contribution in [0.5, 0.6) is 0 Å². The minimum absolute atomic E-state index is 0.0618. The second kappa shape index (κ2) is 10.1. The van der Waals surface area contributed by atoms with E-state index in [1.165, 1.54) is 36.4 Å². The van der Waals surface area contributed by atoms with E-state index in [0.29, 0.717) is 33.3 Å². The van der Waals surface area contributed by atoms with Gasteiger partial charge in [0.15, 0.2) is 0 Å². The van der Waals surface area contributed by atoms with Crippen molar-refractivity contribution in [2.75, 3.05) is 21.3 Å². The van der Waals surface area contributed by atoms with Crippen LogP contribution in [0.1, 0.15) is 0 Å². The summed E-state index contributed by atoms with van der Waals surface area (Å²) in [5.74, 6) is -6.22. The van der Waals surface area contributed by atoms with Gasteiger partial charge in [-0.25, -0.2) is 0 Å². The summed E-state index contributed by atoms with van der Waals surface area (Å²) in [5, 5.41) is 9.83. The highest BCUT2D eigenvalue weighted by atomic mass is 32.2. The van der Waals surface area contributed by atoms with Crippen LogP contribution in [-0.4, -0.2) is 35.7 Å². The number of carbonyl (C=O) groups excluding carboxylic acids is 4. The molecule has 38 heavy (non-hydrogen) atoms. The van der Waals surface area contributed by atoms with Crippen molar-refractivity contribution in [2.24, 2.45) is 0 Å². The second-order valence-corrected chi connectivity index (χ2v) is 9.69. The molecule has 0 fully saturated rings. The maximum absolute atomic E-state index is 12.5. The number of allylic oxidation sites excluding steroid dienone is 2. The number of hydrogen-bond acceptors (Lipinski definition) is 8. The molecule has 2 aliphatic heterocycles. The molecule has 0 saturated heterocycles. The molecule has 0 radical (unpaired) electrons. The molecular weight excluding hydrogens is 562 g/mol. The number of fused-ring (bicyclic) bond motifs is 2. The van der Waals surface area contributed by atoms with E-state index in [0.717, 1.165) is 23.5 Å². The monoisotopic (exact) mass is 574 g/mol. The van der Waals surface area contributed by atoms with Gasteiger partial charge >= 0.3 is 24.2 Å². The molecule has 0 aromatic heterocycles. The molecule has 16 heteroatoms. The van der Waals surface area contributed by atoms with Gasteiger partial charge in [-0.3, -0.25) is 19.2 Å². The van der Waals surface area contributed by atoms with Crippen molar-refractivity contribution in [1.29, 1.82) is 0 Å². The number of nitrogens with one attached hydrogen (secondary N) is 4. The van der Waals surface area contributed by atoms with E-state index in [1.807, 2.05) is 0 Å². The summed E-state index contributed by atoms with van der Waals surface area (Å²) in [6.07, 6.45) is -9.22. The van der Waals surface area contributed by atoms with Crippen LogP contribution in [-0.2, 0) is 19.2 Å². The number of amides is 2. The Balaban J connectivity index is 1.37. The Kier molecular flexibility index (Phi) is 7.20. The first-order chi connectivity index (χ1) is 17.7. The summed E-state index contributed by atoms with van der Waals surface area (Å²) in [5.41, 5.74) is 1.10. The highest BCUT2D eigenvalue weighted by Gasteiger charge is 2.38. The van der Waals surface area contributed by atoms with Gasteiger partial charge in [0.25, 0.3) is 11.6 Å². The third-order valence-electron chi connectivity index (χ3n) is 4.72. The van der Waals surface area contributed by atoms with Gasteiger partial charge in [0, 0.05) is 33.3 Å². The van der Waals surface area contributed by atoms with E-state index in [9.17, 15) is 45.5 Å². The van der Waals surface area contributed by atoms with Crippen LogP contribution in [0, 0.1) is 0 Å². The summed E-state index contributed by atoms with van der Waals surface area (Å²) >= 11 is 1.66. The number of anilines is 4. The lowest BCUT2D eigenvalue weighted by atomic mass is 10.2. The first-order valence-electron chi connectivity index (χ1n) is 10.1. The molecule has 2 aromatic rings. The zero-order chi connectivity index (χ0) is 27.8. The lowest BCUT2D eigenvalue weighted by Crippen LogP contribution is -2.29. The van der Waals surface area contributed by atoms with Crippen LogP contribution in [0.2, 0.25) is 0 Å². The molecule has 0 spiro atoms. The SMILES string of the molecule is O=C(Nc1ccc2c(c1)SC(=CC(=O)C(F)(F)F)N2)C(=O)Nc1ccc2c(c1)SC(=CC(=O)C(F)(F)F)N2. The van der Waals surface area contributed by atoms with Crippen molar-refractivity contribution >= 4 is 69.7 Å². The van der Waals surface area contributed by atoms with Gasteiger partial charge in [0.1, 0.15) is 0 Å². The molecule has 0 bridgehead atoms. The van der Waals surface area contributed by atoms with Crippen LogP contribution in [0.25, 0.3) is 0 Å². The topological polar surface area (TPSA) is 116 Å². The summed E-state index contributed by atoms with van der Waals surface area (Å²) in [6.45, 7) is 0. The van der Waals surface area contributed by atoms with Gasteiger partial charge in [-0.15, -0.1) is 0 Å². The highest BCUT2D eigenvalue weighted by Crippen LogP contribution is 2.43. The molecule has 2 aromatic carbocycles.